The third-order valence-corrected chi connectivity index (χ3v) is 9.19. The van der Waals surface area contributed by atoms with Crippen LogP contribution in [-0.4, -0.2) is 31.7 Å². The summed E-state index contributed by atoms with van der Waals surface area (Å²) in [5, 5.41) is 2.67. The van der Waals surface area contributed by atoms with Crippen LogP contribution >= 0.6 is 34.5 Å². The van der Waals surface area contributed by atoms with E-state index in [1.165, 1.54) is 41.7 Å². The summed E-state index contributed by atoms with van der Waals surface area (Å²) < 4.78 is 52.5. The summed E-state index contributed by atoms with van der Waals surface area (Å²) in [4.78, 5) is 6.76. The molecule has 0 saturated carbocycles. The molecule has 3 aromatic rings. The zero-order chi connectivity index (χ0) is 22.2. The van der Waals surface area contributed by atoms with E-state index < -0.39 is 26.7 Å². The second-order valence-corrected chi connectivity index (χ2v) is 11.2. The molecule has 0 amide bonds. The van der Waals surface area contributed by atoms with Gasteiger partial charge in [0.15, 0.2) is 26.6 Å². The molecule has 1 fully saturated rings. The molecule has 1 aliphatic rings. The van der Waals surface area contributed by atoms with Crippen molar-refractivity contribution in [2.45, 2.75) is 29.4 Å². The van der Waals surface area contributed by atoms with E-state index in [0.29, 0.717) is 42.9 Å². The molecule has 2 aromatic carbocycles. The molecule has 0 radical (unpaired) electrons. The first kappa shape index (κ1) is 22.5. The van der Waals surface area contributed by atoms with Crippen molar-refractivity contribution in [3.8, 4) is 0 Å². The Balaban J connectivity index is 1.41. The predicted octanol–water partition coefficient (Wildman–Crippen LogP) is 5.76. The van der Waals surface area contributed by atoms with E-state index in [2.05, 4.69) is 9.88 Å². The Morgan fingerprint density at radius 3 is 2.48 bits per heavy atom. The highest BCUT2D eigenvalue weighted by atomic mass is 35.5. The first-order valence-electron chi connectivity index (χ1n) is 9.56. The second-order valence-electron chi connectivity index (χ2n) is 7.35. The van der Waals surface area contributed by atoms with Gasteiger partial charge in [0, 0.05) is 29.9 Å². The van der Waals surface area contributed by atoms with Crippen molar-refractivity contribution in [2.75, 3.05) is 18.0 Å². The highest BCUT2D eigenvalue weighted by Crippen LogP contribution is 2.33. The maximum atomic E-state index is 13.4. The van der Waals surface area contributed by atoms with Gasteiger partial charge in [-0.25, -0.2) is 22.2 Å². The summed E-state index contributed by atoms with van der Waals surface area (Å²) in [6.07, 6.45) is 1.31. The molecule has 4 nitrogen and oxygen atoms in total. The van der Waals surface area contributed by atoms with Crippen LogP contribution in [0.1, 0.15) is 24.1 Å². The molecule has 0 N–H and O–H groups in total. The number of benzene rings is 2. The van der Waals surface area contributed by atoms with Gasteiger partial charge in [-0.05, 0) is 48.7 Å². The lowest BCUT2D eigenvalue weighted by Gasteiger charge is -2.31. The summed E-state index contributed by atoms with van der Waals surface area (Å²) in [5.74, 6) is -1.75. The van der Waals surface area contributed by atoms with Crippen LogP contribution in [0.3, 0.4) is 0 Å². The molecule has 0 bridgehead atoms. The number of nitrogens with zero attached hydrogens (tertiary/aromatic N) is 2. The maximum absolute atomic E-state index is 13.4. The topological polar surface area (TPSA) is 50.3 Å². The van der Waals surface area contributed by atoms with Gasteiger partial charge in [-0.2, -0.15) is 0 Å². The van der Waals surface area contributed by atoms with E-state index >= 15 is 0 Å². The molecular formula is C21H18Cl2F2N2O2S2. The normalized spacial score (nSPS) is 15.4. The molecule has 10 heteroatoms. The van der Waals surface area contributed by atoms with Crippen molar-refractivity contribution >= 4 is 49.5 Å². The standard InChI is InChI=1S/C21H18Cl2F2N2O2S2/c22-14-2-4-20(17(23)11-14)31(28,29)16-5-7-27(8-6-16)21-26-15(12-30-21)9-13-1-3-18(24)19(25)10-13/h1-4,10-12,16H,5-9H2. The van der Waals surface area contributed by atoms with E-state index in [4.69, 9.17) is 23.2 Å². The molecule has 2 heterocycles. The van der Waals surface area contributed by atoms with Crippen molar-refractivity contribution in [3.63, 3.8) is 0 Å². The Kier molecular flexibility index (Phi) is 6.53. The number of sulfone groups is 1. The number of rotatable bonds is 5. The molecule has 1 aliphatic heterocycles. The number of hydrogen-bond donors (Lipinski definition) is 0. The smallest absolute Gasteiger partial charge is 0.185 e. The summed E-state index contributed by atoms with van der Waals surface area (Å²) in [7, 11) is -3.56. The van der Waals surface area contributed by atoms with Gasteiger partial charge in [0.05, 0.1) is 20.9 Å². The van der Waals surface area contributed by atoms with Crippen LogP contribution in [0.5, 0.6) is 0 Å². The van der Waals surface area contributed by atoms with Crippen LogP contribution in [0, 0.1) is 11.6 Å². The van der Waals surface area contributed by atoms with Crippen LogP contribution in [0.4, 0.5) is 13.9 Å². The summed E-state index contributed by atoms with van der Waals surface area (Å²) >= 11 is 13.5. The molecule has 1 aromatic heterocycles. The lowest BCUT2D eigenvalue weighted by molar-refractivity contribution is 0.507. The van der Waals surface area contributed by atoms with Crippen LogP contribution < -0.4 is 4.90 Å². The fourth-order valence-electron chi connectivity index (χ4n) is 3.62. The Bertz CT molecular complexity index is 1210. The SMILES string of the molecule is O=S(=O)(c1ccc(Cl)cc1Cl)C1CCN(c2nc(Cc3ccc(F)c(F)c3)cs2)CC1. The van der Waals surface area contributed by atoms with Gasteiger partial charge in [0.2, 0.25) is 0 Å². The number of anilines is 1. The van der Waals surface area contributed by atoms with Crippen molar-refractivity contribution in [1.82, 2.24) is 4.98 Å². The first-order chi connectivity index (χ1) is 14.7. The van der Waals surface area contributed by atoms with Crippen LogP contribution in [0.25, 0.3) is 0 Å². The van der Waals surface area contributed by atoms with Gasteiger partial charge in [-0.15, -0.1) is 11.3 Å². The fraction of sp³-hybridized carbons (Fsp3) is 0.286. The Morgan fingerprint density at radius 1 is 1.06 bits per heavy atom. The molecule has 31 heavy (non-hydrogen) atoms. The number of piperidine rings is 1. The predicted molar refractivity (Wildman–Crippen MR) is 120 cm³/mol. The Morgan fingerprint density at radius 2 is 1.81 bits per heavy atom. The monoisotopic (exact) mass is 502 g/mol. The summed E-state index contributed by atoms with van der Waals surface area (Å²) in [6, 6.07) is 8.24. The number of aromatic nitrogens is 1. The van der Waals surface area contributed by atoms with Gasteiger partial charge in [-0.3, -0.25) is 0 Å². The summed E-state index contributed by atoms with van der Waals surface area (Å²) in [5.41, 5.74) is 1.40. The van der Waals surface area contributed by atoms with Gasteiger partial charge in [-0.1, -0.05) is 29.3 Å². The lowest BCUT2D eigenvalue weighted by Crippen LogP contribution is -2.39. The highest BCUT2D eigenvalue weighted by Gasteiger charge is 2.33. The van der Waals surface area contributed by atoms with E-state index in [-0.39, 0.29) is 9.92 Å². The molecule has 1 saturated heterocycles. The number of hydrogen-bond acceptors (Lipinski definition) is 5. The largest absolute Gasteiger partial charge is 0.348 e. The van der Waals surface area contributed by atoms with Gasteiger partial charge in [0.25, 0.3) is 0 Å². The van der Waals surface area contributed by atoms with Crippen LogP contribution in [-0.2, 0) is 16.3 Å². The lowest BCUT2D eigenvalue weighted by atomic mass is 10.1. The van der Waals surface area contributed by atoms with Gasteiger partial charge in [0.1, 0.15) is 0 Å². The first-order valence-corrected chi connectivity index (χ1v) is 12.7. The molecule has 4 rings (SSSR count). The van der Waals surface area contributed by atoms with Gasteiger partial charge < -0.3 is 4.90 Å². The molecule has 0 unspecified atom stereocenters. The average Bonchev–Trinajstić information content (AvgIpc) is 3.19. The highest BCUT2D eigenvalue weighted by molar-refractivity contribution is 7.92. The maximum Gasteiger partial charge on any atom is 0.185 e. The van der Waals surface area contributed by atoms with E-state index in [9.17, 15) is 17.2 Å². The van der Waals surface area contributed by atoms with E-state index in [1.54, 1.807) is 0 Å². The van der Waals surface area contributed by atoms with Crippen molar-refractivity contribution < 1.29 is 17.2 Å². The Hall–Kier alpha value is -1.74. The second kappa shape index (κ2) is 9.02. The van der Waals surface area contributed by atoms with E-state index in [0.717, 1.165) is 16.9 Å². The molecular weight excluding hydrogens is 485 g/mol. The van der Waals surface area contributed by atoms with Crippen LogP contribution in [0.2, 0.25) is 10.0 Å². The van der Waals surface area contributed by atoms with Gasteiger partial charge >= 0.3 is 0 Å². The van der Waals surface area contributed by atoms with Crippen LogP contribution in [0.15, 0.2) is 46.7 Å². The average molecular weight is 503 g/mol. The molecule has 0 aliphatic carbocycles. The minimum atomic E-state index is -3.56. The minimum absolute atomic E-state index is 0.111. The zero-order valence-corrected chi connectivity index (χ0v) is 19.3. The molecule has 0 atom stereocenters. The van der Waals surface area contributed by atoms with Crippen molar-refractivity contribution in [3.05, 3.63) is 74.7 Å². The third-order valence-electron chi connectivity index (χ3n) is 5.26. The number of thiazole rings is 1. The minimum Gasteiger partial charge on any atom is -0.348 e. The van der Waals surface area contributed by atoms with E-state index in [1.807, 2.05) is 5.38 Å². The fourth-order valence-corrected chi connectivity index (χ4v) is 7.01. The summed E-state index contributed by atoms with van der Waals surface area (Å²) in [6.45, 7) is 1.10. The molecule has 164 valence electrons. The van der Waals surface area contributed by atoms with Crippen molar-refractivity contribution in [2.24, 2.45) is 0 Å². The number of halogens is 4. The Labute approximate surface area is 193 Å². The quantitative estimate of drug-likeness (QED) is 0.444. The van der Waals surface area contributed by atoms with Crippen molar-refractivity contribution in [1.29, 1.82) is 0 Å². The molecule has 0 spiro atoms. The third kappa shape index (κ3) is 4.87. The zero-order valence-electron chi connectivity index (χ0n) is 16.2.